The minimum Gasteiger partial charge on any atom is -0.617 e. The van der Waals surface area contributed by atoms with Crippen LogP contribution in [0.4, 0.5) is 0 Å². The summed E-state index contributed by atoms with van der Waals surface area (Å²) in [5.74, 6) is -0.246. The number of nitrogens with zero attached hydrogens (tertiary/aromatic N) is 1. The molecule has 0 saturated carbocycles. The molecule has 0 saturated heterocycles. The average molecular weight is 276 g/mol. The minimum absolute atomic E-state index is 0.0771. The van der Waals surface area contributed by atoms with Gasteiger partial charge in [0.2, 0.25) is 5.69 Å². The Bertz CT molecular complexity index is 609. The smallest absolute Gasteiger partial charge is 0.286 e. The van der Waals surface area contributed by atoms with Gasteiger partial charge in [-0.1, -0.05) is 44.2 Å². The van der Waals surface area contributed by atoms with Gasteiger partial charge in [0.25, 0.3) is 5.15 Å². The highest BCUT2D eigenvalue weighted by Crippen LogP contribution is 2.21. The van der Waals surface area contributed by atoms with E-state index in [1.165, 1.54) is 6.07 Å². The highest BCUT2D eigenvalue weighted by Gasteiger charge is 2.24. The molecule has 0 aliphatic rings. The zero-order valence-electron chi connectivity index (χ0n) is 10.8. The summed E-state index contributed by atoms with van der Waals surface area (Å²) < 4.78 is 0.627. The second-order valence-electron chi connectivity index (χ2n) is 4.60. The third-order valence-electron chi connectivity index (χ3n) is 2.90. The molecule has 0 fully saturated rings. The van der Waals surface area contributed by atoms with E-state index in [4.69, 9.17) is 11.6 Å². The summed E-state index contributed by atoms with van der Waals surface area (Å²) in [6.45, 7) is 3.73. The maximum Gasteiger partial charge on any atom is 0.286 e. The second kappa shape index (κ2) is 5.41. The number of carbonyl (C=O) groups is 1. The summed E-state index contributed by atoms with van der Waals surface area (Å²) in [6, 6.07) is 12.0. The van der Waals surface area contributed by atoms with Gasteiger partial charge in [0, 0.05) is 17.5 Å². The topological polar surface area (TPSA) is 44.0 Å². The van der Waals surface area contributed by atoms with E-state index in [-0.39, 0.29) is 16.9 Å². The Morgan fingerprint density at radius 1 is 1.16 bits per heavy atom. The number of hydrogen-bond acceptors (Lipinski definition) is 2. The van der Waals surface area contributed by atoms with Gasteiger partial charge in [-0.25, -0.2) is 0 Å². The van der Waals surface area contributed by atoms with E-state index < -0.39 is 0 Å². The lowest BCUT2D eigenvalue weighted by molar-refractivity contribution is -0.613. The van der Waals surface area contributed by atoms with Gasteiger partial charge >= 0.3 is 0 Å². The molecule has 0 aliphatic heterocycles. The number of halogens is 1. The van der Waals surface area contributed by atoms with Gasteiger partial charge in [-0.05, 0) is 17.7 Å². The fourth-order valence-electron chi connectivity index (χ4n) is 2.01. The largest absolute Gasteiger partial charge is 0.617 e. The number of hydrogen-bond donors (Lipinski definition) is 0. The van der Waals surface area contributed by atoms with Crippen molar-refractivity contribution >= 4 is 17.4 Å². The molecule has 0 radical (unpaired) electrons. The third-order valence-corrected chi connectivity index (χ3v) is 3.18. The predicted molar refractivity (Wildman–Crippen MR) is 74.4 cm³/mol. The molecule has 1 aromatic carbocycles. The van der Waals surface area contributed by atoms with E-state index >= 15 is 0 Å². The van der Waals surface area contributed by atoms with E-state index in [1.807, 2.05) is 19.9 Å². The molecule has 0 N–H and O–H groups in total. The van der Waals surface area contributed by atoms with Crippen molar-refractivity contribution in [3.05, 3.63) is 69.6 Å². The first kappa shape index (κ1) is 13.6. The van der Waals surface area contributed by atoms with Gasteiger partial charge in [-0.15, -0.1) is 0 Å². The molecule has 2 rings (SSSR count). The van der Waals surface area contributed by atoms with Gasteiger partial charge in [0.05, 0.1) is 5.56 Å². The van der Waals surface area contributed by atoms with Crippen molar-refractivity contribution in [3.63, 3.8) is 0 Å². The van der Waals surface area contributed by atoms with Gasteiger partial charge in [-0.3, -0.25) is 4.79 Å². The Balaban J connectivity index is 2.57. The van der Waals surface area contributed by atoms with Crippen LogP contribution in [0.2, 0.25) is 5.15 Å². The van der Waals surface area contributed by atoms with Gasteiger partial charge < -0.3 is 5.21 Å². The molecule has 4 heteroatoms. The summed E-state index contributed by atoms with van der Waals surface area (Å²) in [4.78, 5) is 12.4. The minimum atomic E-state index is -0.162. The zero-order chi connectivity index (χ0) is 14.0. The Morgan fingerprint density at radius 3 is 2.37 bits per heavy atom. The van der Waals surface area contributed by atoms with Crippen molar-refractivity contribution in [1.29, 1.82) is 0 Å². The Hall–Kier alpha value is -1.87. The van der Waals surface area contributed by atoms with Crippen LogP contribution < -0.4 is 4.73 Å². The van der Waals surface area contributed by atoms with Crippen LogP contribution in [0.15, 0.2) is 42.5 Å². The van der Waals surface area contributed by atoms with E-state index in [1.54, 1.807) is 30.3 Å². The number of ketones is 1. The summed E-state index contributed by atoms with van der Waals surface area (Å²) in [6.07, 6.45) is 0. The lowest BCUT2D eigenvalue weighted by atomic mass is 9.97. The summed E-state index contributed by atoms with van der Waals surface area (Å²) in [5, 5.41) is 12.1. The fraction of sp³-hybridized carbons (Fsp3) is 0.200. The monoisotopic (exact) mass is 275 g/mol. The van der Waals surface area contributed by atoms with Gasteiger partial charge in [-0.2, -0.15) is 4.73 Å². The van der Waals surface area contributed by atoms with Crippen molar-refractivity contribution in [1.82, 2.24) is 0 Å². The van der Waals surface area contributed by atoms with E-state index in [2.05, 4.69) is 0 Å². The highest BCUT2D eigenvalue weighted by atomic mass is 35.5. The van der Waals surface area contributed by atoms with Crippen LogP contribution in [0.25, 0.3) is 0 Å². The number of benzene rings is 1. The van der Waals surface area contributed by atoms with Crippen molar-refractivity contribution in [2.24, 2.45) is 0 Å². The molecule has 3 nitrogen and oxygen atoms in total. The number of carbonyl (C=O) groups excluding carboxylic acids is 1. The van der Waals surface area contributed by atoms with Gasteiger partial charge in [0.1, 0.15) is 0 Å². The number of pyridine rings is 1. The van der Waals surface area contributed by atoms with Crippen LogP contribution in [0.1, 0.15) is 41.4 Å². The first-order valence-corrected chi connectivity index (χ1v) is 6.42. The second-order valence-corrected chi connectivity index (χ2v) is 4.99. The molecule has 2 aromatic rings. The molecule has 0 atom stereocenters. The standard InChI is InChI=1S/C15H14ClNO2/c1-10(2)14-12(8-9-13(16)17(14)19)15(18)11-6-4-3-5-7-11/h3-10H,1-2H3. The van der Waals surface area contributed by atoms with Crippen LogP contribution in [-0.4, -0.2) is 5.78 Å². The van der Waals surface area contributed by atoms with Crippen LogP contribution >= 0.6 is 11.6 Å². The summed E-state index contributed by atoms with van der Waals surface area (Å²) in [7, 11) is 0. The van der Waals surface area contributed by atoms with Crippen LogP contribution in [0.3, 0.4) is 0 Å². The van der Waals surface area contributed by atoms with E-state index in [0.29, 0.717) is 21.6 Å². The molecular weight excluding hydrogens is 262 g/mol. The van der Waals surface area contributed by atoms with Crippen LogP contribution in [-0.2, 0) is 0 Å². The Labute approximate surface area is 117 Å². The van der Waals surface area contributed by atoms with E-state index in [0.717, 1.165) is 0 Å². The highest BCUT2D eigenvalue weighted by molar-refractivity contribution is 6.28. The normalized spacial score (nSPS) is 10.7. The molecule has 1 aromatic heterocycles. The van der Waals surface area contributed by atoms with Gasteiger partial charge in [0.15, 0.2) is 5.78 Å². The average Bonchev–Trinajstić information content (AvgIpc) is 2.41. The zero-order valence-corrected chi connectivity index (χ0v) is 11.5. The first-order valence-electron chi connectivity index (χ1n) is 6.04. The maximum absolute atomic E-state index is 12.4. The summed E-state index contributed by atoms with van der Waals surface area (Å²) >= 11 is 5.82. The molecule has 0 aliphatic carbocycles. The Kier molecular flexibility index (Phi) is 3.86. The van der Waals surface area contributed by atoms with Crippen molar-refractivity contribution in [3.8, 4) is 0 Å². The molecule has 19 heavy (non-hydrogen) atoms. The first-order chi connectivity index (χ1) is 9.02. The molecule has 0 unspecified atom stereocenters. The van der Waals surface area contributed by atoms with Crippen molar-refractivity contribution < 1.29 is 9.52 Å². The number of aromatic nitrogens is 1. The SMILES string of the molecule is CC(C)c1c(C(=O)c2ccccc2)ccc(Cl)[n+]1[O-]. The fourth-order valence-corrected chi connectivity index (χ4v) is 2.17. The predicted octanol–water partition coefficient (Wildman–Crippen LogP) is 3.33. The molecule has 1 heterocycles. The van der Waals surface area contributed by atoms with Crippen LogP contribution in [0, 0.1) is 5.21 Å². The van der Waals surface area contributed by atoms with Crippen molar-refractivity contribution in [2.75, 3.05) is 0 Å². The Morgan fingerprint density at radius 2 is 1.79 bits per heavy atom. The lowest BCUT2D eigenvalue weighted by Gasteiger charge is -2.12. The number of rotatable bonds is 3. The molecular formula is C15H14ClNO2. The lowest BCUT2D eigenvalue weighted by Crippen LogP contribution is -2.36. The molecule has 0 spiro atoms. The molecule has 98 valence electrons. The van der Waals surface area contributed by atoms with Crippen LogP contribution in [0.5, 0.6) is 0 Å². The quantitative estimate of drug-likeness (QED) is 0.373. The molecule has 0 bridgehead atoms. The van der Waals surface area contributed by atoms with E-state index in [9.17, 15) is 10.0 Å². The molecule has 0 amide bonds. The van der Waals surface area contributed by atoms with Crippen molar-refractivity contribution in [2.45, 2.75) is 19.8 Å². The summed E-state index contributed by atoms with van der Waals surface area (Å²) in [5.41, 5.74) is 1.37. The third kappa shape index (κ3) is 2.61. The maximum atomic E-state index is 12.4.